The van der Waals surface area contributed by atoms with Gasteiger partial charge in [0.1, 0.15) is 11.6 Å². The summed E-state index contributed by atoms with van der Waals surface area (Å²) < 4.78 is 32.1. The molecule has 0 atom stereocenters. The van der Waals surface area contributed by atoms with Crippen LogP contribution in [-0.2, 0) is 11.3 Å². The molecule has 1 fully saturated rings. The Morgan fingerprint density at radius 1 is 1.27 bits per heavy atom. The zero-order valence-corrected chi connectivity index (χ0v) is 17.8. The van der Waals surface area contributed by atoms with E-state index in [0.717, 1.165) is 38.4 Å². The van der Waals surface area contributed by atoms with Gasteiger partial charge in [0.05, 0.1) is 13.2 Å². The Morgan fingerprint density at radius 2 is 2.04 bits per heavy atom. The molecule has 0 spiro atoms. The van der Waals surface area contributed by atoms with Gasteiger partial charge in [-0.05, 0) is 38.0 Å². The fourth-order valence-electron chi connectivity index (χ4n) is 2.61. The van der Waals surface area contributed by atoms with E-state index < -0.39 is 11.6 Å². The van der Waals surface area contributed by atoms with Crippen molar-refractivity contribution in [3.05, 3.63) is 35.4 Å². The van der Waals surface area contributed by atoms with Crippen LogP contribution in [0.3, 0.4) is 0 Å². The van der Waals surface area contributed by atoms with Crippen LogP contribution in [-0.4, -0.2) is 56.8 Å². The van der Waals surface area contributed by atoms with Crippen molar-refractivity contribution < 1.29 is 13.5 Å². The van der Waals surface area contributed by atoms with Crippen LogP contribution in [0.4, 0.5) is 8.78 Å². The normalized spacial score (nSPS) is 14.3. The molecule has 8 heteroatoms. The highest BCUT2D eigenvalue weighted by molar-refractivity contribution is 14.0. The highest BCUT2D eigenvalue weighted by atomic mass is 127. The van der Waals surface area contributed by atoms with Crippen LogP contribution >= 0.6 is 24.0 Å². The van der Waals surface area contributed by atoms with Gasteiger partial charge in [-0.1, -0.05) is 0 Å². The Bertz CT molecular complexity index is 570. The zero-order valence-electron chi connectivity index (χ0n) is 15.4. The SMILES string of the molecule is CCNC(=NCc1cc(F)ccc1F)NCCN(CCOC)C1CC1.I. The number of halogens is 3. The van der Waals surface area contributed by atoms with Crippen molar-refractivity contribution in [3.63, 3.8) is 0 Å². The monoisotopic (exact) mass is 482 g/mol. The molecule has 1 aliphatic rings. The summed E-state index contributed by atoms with van der Waals surface area (Å²) in [4.78, 5) is 6.76. The molecule has 0 saturated heterocycles. The van der Waals surface area contributed by atoms with Crippen molar-refractivity contribution in [1.82, 2.24) is 15.5 Å². The summed E-state index contributed by atoms with van der Waals surface area (Å²) in [6.07, 6.45) is 2.49. The molecule has 1 aromatic carbocycles. The number of benzene rings is 1. The zero-order chi connectivity index (χ0) is 18.1. The number of nitrogens with zero attached hydrogens (tertiary/aromatic N) is 2. The first-order valence-electron chi connectivity index (χ1n) is 8.83. The number of hydrogen-bond donors (Lipinski definition) is 2. The molecule has 1 aromatic rings. The van der Waals surface area contributed by atoms with Gasteiger partial charge >= 0.3 is 0 Å². The van der Waals surface area contributed by atoms with Crippen molar-refractivity contribution in [3.8, 4) is 0 Å². The van der Waals surface area contributed by atoms with Crippen LogP contribution in [0.5, 0.6) is 0 Å². The minimum atomic E-state index is -0.456. The van der Waals surface area contributed by atoms with Crippen LogP contribution < -0.4 is 10.6 Å². The molecule has 0 bridgehead atoms. The summed E-state index contributed by atoms with van der Waals surface area (Å²) in [5.74, 6) is -0.295. The smallest absolute Gasteiger partial charge is 0.191 e. The Hall–Kier alpha value is -1.00. The van der Waals surface area contributed by atoms with Crippen molar-refractivity contribution in [2.45, 2.75) is 32.4 Å². The molecule has 26 heavy (non-hydrogen) atoms. The van der Waals surface area contributed by atoms with E-state index in [2.05, 4.69) is 20.5 Å². The summed E-state index contributed by atoms with van der Waals surface area (Å²) in [5, 5.41) is 6.38. The molecular formula is C18H29F2IN4O. The molecule has 2 N–H and O–H groups in total. The van der Waals surface area contributed by atoms with Gasteiger partial charge in [0.25, 0.3) is 0 Å². The number of aliphatic imine (C=N–C) groups is 1. The van der Waals surface area contributed by atoms with E-state index in [-0.39, 0.29) is 36.1 Å². The number of hydrogen-bond acceptors (Lipinski definition) is 3. The number of rotatable bonds is 10. The standard InChI is InChI=1S/C18H28F2N4O.HI/c1-3-21-18(23-13-14-12-15(19)4-7-17(14)20)22-8-9-24(10-11-25-2)16-5-6-16;/h4,7,12,16H,3,5-6,8-11,13H2,1-2H3,(H2,21,22,23);1H. The average molecular weight is 482 g/mol. The number of guanidine groups is 1. The Morgan fingerprint density at radius 3 is 2.69 bits per heavy atom. The van der Waals surface area contributed by atoms with Crippen LogP contribution in [0.15, 0.2) is 23.2 Å². The van der Waals surface area contributed by atoms with Gasteiger partial charge < -0.3 is 15.4 Å². The summed E-state index contributed by atoms with van der Waals surface area (Å²) in [7, 11) is 1.71. The lowest BCUT2D eigenvalue weighted by Crippen LogP contribution is -2.42. The van der Waals surface area contributed by atoms with Gasteiger partial charge in [0, 0.05) is 44.9 Å². The summed E-state index contributed by atoms with van der Waals surface area (Å²) >= 11 is 0. The van der Waals surface area contributed by atoms with Gasteiger partial charge in [0.2, 0.25) is 0 Å². The van der Waals surface area contributed by atoms with Crippen molar-refractivity contribution in [2.75, 3.05) is 39.9 Å². The molecule has 1 saturated carbocycles. The van der Waals surface area contributed by atoms with Gasteiger partial charge in [-0.2, -0.15) is 0 Å². The first kappa shape index (κ1) is 23.0. The molecule has 148 valence electrons. The maximum absolute atomic E-state index is 13.7. The Kier molecular flexibility index (Phi) is 11.0. The van der Waals surface area contributed by atoms with E-state index in [0.29, 0.717) is 18.5 Å². The molecule has 0 aromatic heterocycles. The third-order valence-electron chi connectivity index (χ3n) is 4.10. The van der Waals surface area contributed by atoms with E-state index in [4.69, 9.17) is 4.74 Å². The van der Waals surface area contributed by atoms with Gasteiger partial charge in [0.15, 0.2) is 5.96 Å². The maximum atomic E-state index is 13.7. The maximum Gasteiger partial charge on any atom is 0.191 e. The number of methoxy groups -OCH3 is 1. The van der Waals surface area contributed by atoms with E-state index in [1.807, 2.05) is 6.92 Å². The van der Waals surface area contributed by atoms with Crippen molar-refractivity contribution in [1.29, 1.82) is 0 Å². The quantitative estimate of drug-likeness (QED) is 0.306. The van der Waals surface area contributed by atoms with E-state index in [1.54, 1.807) is 7.11 Å². The minimum Gasteiger partial charge on any atom is -0.383 e. The lowest BCUT2D eigenvalue weighted by Gasteiger charge is -2.22. The van der Waals surface area contributed by atoms with Gasteiger partial charge in [-0.3, -0.25) is 4.90 Å². The second-order valence-corrected chi connectivity index (χ2v) is 6.12. The topological polar surface area (TPSA) is 48.9 Å². The molecule has 0 amide bonds. The first-order chi connectivity index (χ1) is 12.1. The largest absolute Gasteiger partial charge is 0.383 e. The van der Waals surface area contributed by atoms with E-state index >= 15 is 0 Å². The number of nitrogens with one attached hydrogen (secondary N) is 2. The molecule has 1 aliphatic carbocycles. The molecule has 5 nitrogen and oxygen atoms in total. The summed E-state index contributed by atoms with van der Waals surface area (Å²) in [6.45, 7) is 6.04. The fraction of sp³-hybridized carbons (Fsp3) is 0.611. The predicted octanol–water partition coefficient (Wildman–Crippen LogP) is 2.75. The Balaban J connectivity index is 0.00000338. The number of ether oxygens (including phenoxy) is 1. The lowest BCUT2D eigenvalue weighted by atomic mass is 10.2. The third-order valence-corrected chi connectivity index (χ3v) is 4.10. The van der Waals surface area contributed by atoms with Crippen LogP contribution in [0.2, 0.25) is 0 Å². The van der Waals surface area contributed by atoms with Crippen molar-refractivity contribution in [2.24, 2.45) is 4.99 Å². The lowest BCUT2D eigenvalue weighted by molar-refractivity contribution is 0.144. The first-order valence-corrected chi connectivity index (χ1v) is 8.83. The summed E-state index contributed by atoms with van der Waals surface area (Å²) in [6, 6.07) is 4.09. The Labute approximate surface area is 171 Å². The van der Waals surface area contributed by atoms with Crippen LogP contribution in [0, 0.1) is 11.6 Å². The minimum absolute atomic E-state index is 0. The van der Waals surface area contributed by atoms with Gasteiger partial charge in [-0.15, -0.1) is 24.0 Å². The molecule has 0 aliphatic heterocycles. The molecular weight excluding hydrogens is 453 g/mol. The second kappa shape index (κ2) is 12.4. The highest BCUT2D eigenvalue weighted by Crippen LogP contribution is 2.25. The van der Waals surface area contributed by atoms with Gasteiger partial charge in [-0.25, -0.2) is 13.8 Å². The molecule has 2 rings (SSSR count). The van der Waals surface area contributed by atoms with E-state index in [9.17, 15) is 8.78 Å². The molecule has 0 radical (unpaired) electrons. The highest BCUT2D eigenvalue weighted by Gasteiger charge is 2.28. The summed E-state index contributed by atoms with van der Waals surface area (Å²) in [5.41, 5.74) is 0.247. The second-order valence-electron chi connectivity index (χ2n) is 6.12. The van der Waals surface area contributed by atoms with Crippen LogP contribution in [0.1, 0.15) is 25.3 Å². The average Bonchev–Trinajstić information content (AvgIpc) is 3.43. The van der Waals surface area contributed by atoms with E-state index in [1.165, 1.54) is 18.9 Å². The molecule has 0 heterocycles. The van der Waals surface area contributed by atoms with Crippen molar-refractivity contribution >= 4 is 29.9 Å². The fourth-order valence-corrected chi connectivity index (χ4v) is 2.61. The third kappa shape index (κ3) is 8.13. The van der Waals surface area contributed by atoms with Crippen LogP contribution in [0.25, 0.3) is 0 Å². The molecule has 0 unspecified atom stereocenters. The predicted molar refractivity (Wildman–Crippen MR) is 111 cm³/mol.